The van der Waals surface area contributed by atoms with Gasteiger partial charge in [0.25, 0.3) is 0 Å². The van der Waals surface area contributed by atoms with Crippen molar-refractivity contribution in [1.29, 1.82) is 5.26 Å². The van der Waals surface area contributed by atoms with Crippen molar-refractivity contribution in [2.24, 2.45) is 10.7 Å². The van der Waals surface area contributed by atoms with Gasteiger partial charge in [0, 0.05) is 6.07 Å². The average Bonchev–Trinajstić information content (AvgIpc) is 2.26. The first-order valence-electron chi connectivity index (χ1n) is 4.25. The Morgan fingerprint density at radius 2 is 2.40 bits per heavy atom. The molecule has 0 aliphatic rings. The fourth-order valence-electron chi connectivity index (χ4n) is 0.954. The highest BCUT2D eigenvalue weighted by atomic mass is 35.5. The van der Waals surface area contributed by atoms with E-state index in [4.69, 9.17) is 27.3 Å². The van der Waals surface area contributed by atoms with Gasteiger partial charge in [-0.15, -0.1) is 11.6 Å². The van der Waals surface area contributed by atoms with Crippen molar-refractivity contribution in [2.45, 2.75) is 0 Å². The Labute approximate surface area is 92.9 Å². The quantitative estimate of drug-likeness (QED) is 0.481. The number of alkyl halides is 1. The molecule has 0 fully saturated rings. The number of hydrogen-bond donors (Lipinski definition) is 1. The normalized spacial score (nSPS) is 10.8. The fourth-order valence-corrected chi connectivity index (χ4v) is 1.01. The lowest BCUT2D eigenvalue weighted by Crippen LogP contribution is -2.12. The van der Waals surface area contributed by atoms with E-state index in [1.54, 1.807) is 24.3 Å². The first-order valence-corrected chi connectivity index (χ1v) is 4.78. The van der Waals surface area contributed by atoms with Gasteiger partial charge in [-0.2, -0.15) is 5.26 Å². The number of benzene rings is 1. The van der Waals surface area contributed by atoms with Crippen LogP contribution in [0, 0.1) is 11.3 Å². The number of rotatable bonds is 4. The standard InChI is InChI=1S/C10H10ClN3O/c11-7-10(13)14-8-2-1-3-9(6-8)15-5-4-12/h1-3,6H,5,7H2,(H2,13,14). The third-order valence-corrected chi connectivity index (χ3v) is 1.80. The summed E-state index contributed by atoms with van der Waals surface area (Å²) >= 11 is 5.50. The smallest absolute Gasteiger partial charge is 0.174 e. The van der Waals surface area contributed by atoms with E-state index in [2.05, 4.69) is 4.99 Å². The molecule has 0 aliphatic carbocycles. The molecule has 0 radical (unpaired) electrons. The van der Waals surface area contributed by atoms with Crippen LogP contribution in [0.4, 0.5) is 5.69 Å². The van der Waals surface area contributed by atoms with Crippen LogP contribution < -0.4 is 10.5 Å². The first-order chi connectivity index (χ1) is 7.26. The number of ether oxygens (including phenoxy) is 1. The van der Waals surface area contributed by atoms with Gasteiger partial charge in [-0.1, -0.05) is 6.07 Å². The number of nitrogens with zero attached hydrogens (tertiary/aromatic N) is 2. The summed E-state index contributed by atoms with van der Waals surface area (Å²) in [5, 5.41) is 8.34. The van der Waals surface area contributed by atoms with Crippen molar-refractivity contribution < 1.29 is 4.74 Å². The van der Waals surface area contributed by atoms with E-state index < -0.39 is 0 Å². The molecule has 0 saturated heterocycles. The summed E-state index contributed by atoms with van der Waals surface area (Å²) in [6.07, 6.45) is 0. The van der Waals surface area contributed by atoms with Crippen molar-refractivity contribution >= 4 is 23.1 Å². The Balaban J connectivity index is 2.79. The SMILES string of the molecule is N#CCOc1cccc(N=C(N)CCl)c1. The molecule has 0 aromatic heterocycles. The molecule has 1 aromatic rings. The van der Waals surface area contributed by atoms with Gasteiger partial charge in [0.1, 0.15) is 17.7 Å². The lowest BCUT2D eigenvalue weighted by atomic mass is 10.3. The number of nitrogens with two attached hydrogens (primary N) is 1. The van der Waals surface area contributed by atoms with Gasteiger partial charge < -0.3 is 10.5 Å². The molecule has 2 N–H and O–H groups in total. The molecule has 0 aliphatic heterocycles. The summed E-state index contributed by atoms with van der Waals surface area (Å²) in [6, 6.07) is 8.87. The summed E-state index contributed by atoms with van der Waals surface area (Å²) in [4.78, 5) is 4.05. The van der Waals surface area contributed by atoms with E-state index >= 15 is 0 Å². The summed E-state index contributed by atoms with van der Waals surface area (Å²) in [5.41, 5.74) is 6.14. The molecule has 0 atom stereocenters. The molecule has 0 unspecified atom stereocenters. The molecule has 0 saturated carbocycles. The van der Waals surface area contributed by atoms with E-state index in [0.717, 1.165) is 0 Å². The third kappa shape index (κ3) is 3.88. The minimum Gasteiger partial charge on any atom is -0.479 e. The Bertz CT molecular complexity index is 398. The van der Waals surface area contributed by atoms with E-state index in [1.165, 1.54) is 0 Å². The molecule has 5 heteroatoms. The van der Waals surface area contributed by atoms with Gasteiger partial charge in [0.05, 0.1) is 11.6 Å². The fraction of sp³-hybridized carbons (Fsp3) is 0.200. The first kappa shape index (κ1) is 11.3. The Morgan fingerprint density at radius 1 is 1.60 bits per heavy atom. The van der Waals surface area contributed by atoms with Crippen LogP contribution in [0.3, 0.4) is 0 Å². The second-order valence-corrected chi connectivity index (χ2v) is 2.95. The average molecular weight is 224 g/mol. The number of hydrogen-bond acceptors (Lipinski definition) is 3. The minimum atomic E-state index is 0.0121. The number of nitriles is 1. The van der Waals surface area contributed by atoms with Crippen LogP contribution in [0.25, 0.3) is 0 Å². The van der Waals surface area contributed by atoms with Crippen molar-refractivity contribution in [1.82, 2.24) is 0 Å². The van der Waals surface area contributed by atoms with Crippen molar-refractivity contribution in [3.8, 4) is 11.8 Å². The van der Waals surface area contributed by atoms with Gasteiger partial charge in [-0.3, -0.25) is 0 Å². The van der Waals surface area contributed by atoms with Crippen LogP contribution in [0.1, 0.15) is 0 Å². The van der Waals surface area contributed by atoms with Crippen LogP contribution in [0.5, 0.6) is 5.75 Å². The van der Waals surface area contributed by atoms with Gasteiger partial charge in [0.15, 0.2) is 6.61 Å². The maximum absolute atomic E-state index is 8.34. The summed E-state index contributed by atoms with van der Waals surface area (Å²) in [6.45, 7) is 0.0121. The third-order valence-electron chi connectivity index (χ3n) is 1.53. The van der Waals surface area contributed by atoms with Crippen LogP contribution in [-0.2, 0) is 0 Å². The minimum absolute atomic E-state index is 0.0121. The monoisotopic (exact) mass is 223 g/mol. The van der Waals surface area contributed by atoms with E-state index in [9.17, 15) is 0 Å². The summed E-state index contributed by atoms with van der Waals surface area (Å²) in [5.74, 6) is 1.11. The second kappa shape index (κ2) is 5.89. The Hall–Kier alpha value is -1.73. The maximum Gasteiger partial charge on any atom is 0.174 e. The highest BCUT2D eigenvalue weighted by Crippen LogP contribution is 2.19. The maximum atomic E-state index is 8.34. The van der Waals surface area contributed by atoms with Crippen molar-refractivity contribution in [3.63, 3.8) is 0 Å². The predicted molar refractivity (Wildman–Crippen MR) is 59.6 cm³/mol. The zero-order valence-electron chi connectivity index (χ0n) is 7.98. The molecule has 15 heavy (non-hydrogen) atoms. The Morgan fingerprint density at radius 3 is 3.07 bits per heavy atom. The van der Waals surface area contributed by atoms with Gasteiger partial charge in [-0.05, 0) is 12.1 Å². The molecule has 78 valence electrons. The van der Waals surface area contributed by atoms with Gasteiger partial charge >= 0.3 is 0 Å². The number of aliphatic imine (C=N–C) groups is 1. The molecule has 1 aromatic carbocycles. The lowest BCUT2D eigenvalue weighted by Gasteiger charge is -2.02. The lowest BCUT2D eigenvalue weighted by molar-refractivity contribution is 0.368. The number of amidine groups is 1. The molecular formula is C10H10ClN3O. The van der Waals surface area contributed by atoms with E-state index in [0.29, 0.717) is 17.3 Å². The zero-order valence-corrected chi connectivity index (χ0v) is 8.74. The van der Waals surface area contributed by atoms with Crippen LogP contribution >= 0.6 is 11.6 Å². The van der Waals surface area contributed by atoms with Crippen molar-refractivity contribution in [2.75, 3.05) is 12.5 Å². The molecule has 0 spiro atoms. The van der Waals surface area contributed by atoms with Crippen LogP contribution in [0.2, 0.25) is 0 Å². The number of halogens is 1. The second-order valence-electron chi connectivity index (χ2n) is 2.68. The van der Waals surface area contributed by atoms with Crippen LogP contribution in [-0.4, -0.2) is 18.3 Å². The highest BCUT2D eigenvalue weighted by Gasteiger charge is 1.96. The Kier molecular flexibility index (Phi) is 4.45. The summed E-state index contributed by atoms with van der Waals surface area (Å²) in [7, 11) is 0. The zero-order chi connectivity index (χ0) is 11.1. The van der Waals surface area contributed by atoms with E-state index in [-0.39, 0.29) is 12.5 Å². The van der Waals surface area contributed by atoms with E-state index in [1.807, 2.05) is 6.07 Å². The summed E-state index contributed by atoms with van der Waals surface area (Å²) < 4.78 is 5.11. The topological polar surface area (TPSA) is 71.4 Å². The van der Waals surface area contributed by atoms with Gasteiger partial charge in [-0.25, -0.2) is 4.99 Å². The molecule has 0 bridgehead atoms. The molecular weight excluding hydrogens is 214 g/mol. The van der Waals surface area contributed by atoms with Gasteiger partial charge in [0.2, 0.25) is 0 Å². The predicted octanol–water partition coefficient (Wildman–Crippen LogP) is 1.82. The van der Waals surface area contributed by atoms with Crippen molar-refractivity contribution in [3.05, 3.63) is 24.3 Å². The molecule has 0 amide bonds. The molecule has 1 rings (SSSR count). The molecule has 4 nitrogen and oxygen atoms in total. The van der Waals surface area contributed by atoms with Crippen LogP contribution in [0.15, 0.2) is 29.3 Å². The largest absolute Gasteiger partial charge is 0.479 e. The molecule has 0 heterocycles. The highest BCUT2D eigenvalue weighted by molar-refractivity contribution is 6.28.